The van der Waals surface area contributed by atoms with Crippen LogP contribution in [-0.4, -0.2) is 37.2 Å². The Labute approximate surface area is 200 Å². The number of hydrogen-bond acceptors (Lipinski definition) is 6. The minimum Gasteiger partial charge on any atom is -0.508 e. The molecule has 0 aliphatic rings. The van der Waals surface area contributed by atoms with Crippen LogP contribution in [0.1, 0.15) is 12.5 Å². The predicted molar refractivity (Wildman–Crippen MR) is 131 cm³/mol. The highest BCUT2D eigenvalue weighted by Gasteiger charge is 2.17. The number of hydrogen-bond donors (Lipinski definition) is 2. The van der Waals surface area contributed by atoms with Gasteiger partial charge >= 0.3 is 0 Å². The number of amides is 1. The molecule has 2 N–H and O–H groups in total. The minimum atomic E-state index is -0.270. The molecule has 0 aliphatic carbocycles. The second-order valence-electron chi connectivity index (χ2n) is 7.05. The average molecular weight is 478 g/mol. The Morgan fingerprint density at radius 1 is 1.03 bits per heavy atom. The number of aromatic hydroxyl groups is 1. The second-order valence-corrected chi connectivity index (χ2v) is 8.43. The lowest BCUT2D eigenvalue weighted by Crippen LogP contribution is -2.21. The highest BCUT2D eigenvalue weighted by molar-refractivity contribution is 7.99. The maximum Gasteiger partial charge on any atom is 0.250 e. The van der Waals surface area contributed by atoms with Gasteiger partial charge in [-0.2, -0.15) is 5.10 Å². The summed E-state index contributed by atoms with van der Waals surface area (Å²) in [4.78, 5) is 12.4. The summed E-state index contributed by atoms with van der Waals surface area (Å²) in [6, 6.07) is 23.7. The topological polar surface area (TPSA) is 92.4 Å². The van der Waals surface area contributed by atoms with Crippen LogP contribution in [-0.2, 0) is 4.79 Å². The fourth-order valence-corrected chi connectivity index (χ4v) is 3.91. The van der Waals surface area contributed by atoms with Crippen LogP contribution in [0.3, 0.4) is 0 Å². The van der Waals surface area contributed by atoms with Crippen molar-refractivity contribution in [3.05, 3.63) is 89.4 Å². The molecule has 3 aromatic carbocycles. The summed E-state index contributed by atoms with van der Waals surface area (Å²) < 4.78 is 1.91. The van der Waals surface area contributed by atoms with Crippen LogP contribution in [0.2, 0.25) is 5.02 Å². The Balaban J connectivity index is 1.51. The molecule has 0 saturated carbocycles. The lowest BCUT2D eigenvalue weighted by molar-refractivity contribution is -0.118. The Kier molecular flexibility index (Phi) is 7.07. The van der Waals surface area contributed by atoms with E-state index in [0.29, 0.717) is 21.7 Å². The van der Waals surface area contributed by atoms with E-state index in [1.807, 2.05) is 47.0 Å². The first kappa shape index (κ1) is 22.6. The summed E-state index contributed by atoms with van der Waals surface area (Å²) in [7, 11) is 0. The van der Waals surface area contributed by atoms with Crippen molar-refractivity contribution in [3.63, 3.8) is 0 Å². The fraction of sp³-hybridized carbons (Fsp3) is 0.0833. The van der Waals surface area contributed by atoms with Crippen LogP contribution in [0, 0.1) is 0 Å². The predicted octanol–water partition coefficient (Wildman–Crippen LogP) is 4.93. The standard InChI is InChI=1S/C24H20ClN5O2S/c1-16(17-9-13-21(31)14-10-17)26-27-22(32)15-33-24-29-28-23(18-7-11-19(25)12-8-18)30(24)20-5-3-2-4-6-20/h2-14,31H,15H2,1H3,(H,27,32)/b26-16+. The number of nitrogens with zero attached hydrogens (tertiary/aromatic N) is 4. The van der Waals surface area contributed by atoms with Gasteiger partial charge in [0.1, 0.15) is 5.75 Å². The maximum atomic E-state index is 12.4. The molecule has 0 aliphatic heterocycles. The van der Waals surface area contributed by atoms with E-state index in [0.717, 1.165) is 16.8 Å². The van der Waals surface area contributed by atoms with Crippen molar-refractivity contribution in [2.24, 2.45) is 5.10 Å². The number of aromatic nitrogens is 3. The van der Waals surface area contributed by atoms with Crippen molar-refractivity contribution in [2.45, 2.75) is 12.1 Å². The smallest absolute Gasteiger partial charge is 0.250 e. The maximum absolute atomic E-state index is 12.4. The summed E-state index contributed by atoms with van der Waals surface area (Å²) in [5.74, 6) is 0.668. The highest BCUT2D eigenvalue weighted by Crippen LogP contribution is 2.28. The van der Waals surface area contributed by atoms with Crippen LogP contribution < -0.4 is 5.43 Å². The summed E-state index contributed by atoms with van der Waals surface area (Å²) in [5, 5.41) is 23.4. The number of para-hydroxylation sites is 1. The number of thioether (sulfide) groups is 1. The van der Waals surface area contributed by atoms with Crippen LogP contribution in [0.25, 0.3) is 17.1 Å². The van der Waals surface area contributed by atoms with Crippen molar-refractivity contribution in [2.75, 3.05) is 5.75 Å². The van der Waals surface area contributed by atoms with Gasteiger partial charge in [-0.25, -0.2) is 5.43 Å². The fourth-order valence-electron chi connectivity index (χ4n) is 3.03. The first-order valence-corrected chi connectivity index (χ1v) is 11.4. The number of hydrazone groups is 1. The third-order valence-corrected chi connectivity index (χ3v) is 5.90. The Bertz CT molecular complexity index is 1270. The van der Waals surface area contributed by atoms with Gasteiger partial charge in [-0.3, -0.25) is 9.36 Å². The normalized spacial score (nSPS) is 11.4. The quantitative estimate of drug-likeness (QED) is 0.224. The number of phenols is 1. The number of nitrogens with one attached hydrogen (secondary N) is 1. The molecular formula is C24H20ClN5O2S. The summed E-state index contributed by atoms with van der Waals surface area (Å²) in [6.45, 7) is 1.78. The van der Waals surface area contributed by atoms with Gasteiger partial charge in [0.25, 0.3) is 5.91 Å². The van der Waals surface area contributed by atoms with E-state index in [-0.39, 0.29) is 17.4 Å². The van der Waals surface area contributed by atoms with E-state index in [2.05, 4.69) is 20.7 Å². The minimum absolute atomic E-state index is 0.109. The molecule has 7 nitrogen and oxygen atoms in total. The Morgan fingerprint density at radius 3 is 2.42 bits per heavy atom. The molecule has 4 rings (SSSR count). The lowest BCUT2D eigenvalue weighted by Gasteiger charge is -2.10. The zero-order valence-corrected chi connectivity index (χ0v) is 19.2. The molecule has 1 aromatic heterocycles. The SMILES string of the molecule is C/C(=N\NC(=O)CSc1nnc(-c2ccc(Cl)cc2)n1-c1ccccc1)c1ccc(O)cc1. The van der Waals surface area contributed by atoms with Crippen molar-refractivity contribution in [3.8, 4) is 22.8 Å². The van der Waals surface area contributed by atoms with Gasteiger partial charge in [-0.1, -0.05) is 41.6 Å². The molecule has 0 saturated heterocycles. The number of benzene rings is 3. The van der Waals surface area contributed by atoms with Gasteiger partial charge in [0.05, 0.1) is 11.5 Å². The van der Waals surface area contributed by atoms with Gasteiger partial charge in [-0.15, -0.1) is 10.2 Å². The number of carbonyl (C=O) groups excluding carboxylic acids is 1. The third kappa shape index (κ3) is 5.60. The van der Waals surface area contributed by atoms with Crippen molar-refractivity contribution >= 4 is 35.0 Å². The molecule has 0 atom stereocenters. The van der Waals surface area contributed by atoms with E-state index in [9.17, 15) is 9.90 Å². The van der Waals surface area contributed by atoms with Crippen LogP contribution in [0.15, 0.2) is 89.1 Å². The zero-order chi connectivity index (χ0) is 23.2. The van der Waals surface area contributed by atoms with E-state index >= 15 is 0 Å². The van der Waals surface area contributed by atoms with Gasteiger partial charge in [0.15, 0.2) is 11.0 Å². The lowest BCUT2D eigenvalue weighted by atomic mass is 10.1. The number of halogens is 1. The van der Waals surface area contributed by atoms with E-state index in [1.54, 1.807) is 43.3 Å². The van der Waals surface area contributed by atoms with E-state index in [4.69, 9.17) is 11.6 Å². The van der Waals surface area contributed by atoms with Crippen LogP contribution >= 0.6 is 23.4 Å². The summed E-state index contributed by atoms with van der Waals surface area (Å²) in [6.07, 6.45) is 0. The molecule has 0 fully saturated rings. The zero-order valence-electron chi connectivity index (χ0n) is 17.6. The molecular weight excluding hydrogens is 458 g/mol. The van der Waals surface area contributed by atoms with E-state index < -0.39 is 0 Å². The molecule has 4 aromatic rings. The first-order chi connectivity index (χ1) is 16.0. The second kappa shape index (κ2) is 10.3. The molecule has 0 radical (unpaired) electrons. The number of rotatable bonds is 7. The number of phenolic OH excluding ortho intramolecular Hbond substituents is 1. The monoisotopic (exact) mass is 477 g/mol. The Morgan fingerprint density at radius 2 is 1.73 bits per heavy atom. The summed E-state index contributed by atoms with van der Waals surface area (Å²) in [5.41, 5.74) is 5.74. The van der Waals surface area contributed by atoms with Gasteiger partial charge in [-0.05, 0) is 73.2 Å². The van der Waals surface area contributed by atoms with Gasteiger partial charge in [0.2, 0.25) is 0 Å². The van der Waals surface area contributed by atoms with Crippen molar-refractivity contribution < 1.29 is 9.90 Å². The molecule has 1 heterocycles. The molecule has 0 unspecified atom stereocenters. The molecule has 166 valence electrons. The largest absolute Gasteiger partial charge is 0.508 e. The molecule has 0 bridgehead atoms. The molecule has 33 heavy (non-hydrogen) atoms. The Hall–Kier alpha value is -3.62. The van der Waals surface area contributed by atoms with Gasteiger partial charge in [0, 0.05) is 16.3 Å². The van der Waals surface area contributed by atoms with Crippen LogP contribution in [0.5, 0.6) is 5.75 Å². The number of carbonyl (C=O) groups is 1. The average Bonchev–Trinajstić information content (AvgIpc) is 3.26. The van der Waals surface area contributed by atoms with E-state index in [1.165, 1.54) is 11.8 Å². The first-order valence-electron chi connectivity index (χ1n) is 10.0. The van der Waals surface area contributed by atoms with Crippen LogP contribution in [0.4, 0.5) is 0 Å². The van der Waals surface area contributed by atoms with Crippen molar-refractivity contribution in [1.82, 2.24) is 20.2 Å². The third-order valence-electron chi connectivity index (χ3n) is 4.72. The van der Waals surface area contributed by atoms with Crippen molar-refractivity contribution in [1.29, 1.82) is 0 Å². The molecule has 0 spiro atoms. The highest BCUT2D eigenvalue weighted by atomic mass is 35.5. The van der Waals surface area contributed by atoms with Gasteiger partial charge < -0.3 is 5.11 Å². The molecule has 9 heteroatoms. The molecule has 1 amide bonds. The summed E-state index contributed by atoms with van der Waals surface area (Å²) >= 11 is 7.30.